The number of carboxylic acid groups (broad SMARTS) is 1. The second-order valence-electron chi connectivity index (χ2n) is 3.72. The molecule has 0 amide bonds. The highest BCUT2D eigenvalue weighted by atomic mass is 32.1. The van der Waals surface area contributed by atoms with Gasteiger partial charge in [-0.05, 0) is 36.1 Å². The molecular formula is C13H13NO2S. The molecular weight excluding hydrogens is 234 g/mol. The van der Waals surface area contributed by atoms with Crippen LogP contribution in [0.5, 0.6) is 0 Å². The number of para-hydroxylation sites is 1. The summed E-state index contributed by atoms with van der Waals surface area (Å²) in [6.07, 6.45) is 0. The third kappa shape index (κ3) is 2.65. The molecule has 0 unspecified atom stereocenters. The lowest BCUT2D eigenvalue weighted by Crippen LogP contribution is -2.24. The molecule has 0 atom stereocenters. The first-order valence-electron chi connectivity index (χ1n) is 5.27. The van der Waals surface area contributed by atoms with Crippen molar-refractivity contribution in [1.82, 2.24) is 0 Å². The highest BCUT2D eigenvalue weighted by molar-refractivity contribution is 7.14. The zero-order valence-electron chi connectivity index (χ0n) is 9.46. The standard InChI is InChI=1S/C13H13NO2S/c1-10-5-2-3-6-11(10)14(9-13(15)16)12-7-4-8-17-12/h2-8H,9H2,1H3,(H,15,16). The molecule has 1 aromatic carbocycles. The van der Waals surface area contributed by atoms with Crippen LogP contribution in [0.15, 0.2) is 41.8 Å². The van der Waals surface area contributed by atoms with E-state index in [0.29, 0.717) is 0 Å². The lowest BCUT2D eigenvalue weighted by atomic mass is 10.2. The van der Waals surface area contributed by atoms with Crippen LogP contribution < -0.4 is 4.90 Å². The van der Waals surface area contributed by atoms with Crippen LogP contribution >= 0.6 is 11.3 Å². The van der Waals surface area contributed by atoms with Crippen molar-refractivity contribution in [2.24, 2.45) is 0 Å². The maximum Gasteiger partial charge on any atom is 0.323 e. The Labute approximate surface area is 104 Å². The first kappa shape index (κ1) is 11.7. The fraction of sp³-hybridized carbons (Fsp3) is 0.154. The number of thiophene rings is 1. The summed E-state index contributed by atoms with van der Waals surface area (Å²) in [5, 5.41) is 11.9. The fourth-order valence-electron chi connectivity index (χ4n) is 1.71. The number of carbonyl (C=O) groups is 1. The molecule has 0 bridgehead atoms. The van der Waals surface area contributed by atoms with Crippen LogP contribution in [0.4, 0.5) is 10.7 Å². The van der Waals surface area contributed by atoms with Crippen molar-refractivity contribution in [3.05, 3.63) is 47.3 Å². The molecule has 0 aliphatic heterocycles. The Morgan fingerprint density at radius 3 is 2.65 bits per heavy atom. The van der Waals surface area contributed by atoms with E-state index < -0.39 is 5.97 Å². The number of carboxylic acids is 1. The number of hydrogen-bond acceptors (Lipinski definition) is 3. The van der Waals surface area contributed by atoms with Gasteiger partial charge in [-0.2, -0.15) is 0 Å². The molecule has 0 saturated heterocycles. The lowest BCUT2D eigenvalue weighted by Gasteiger charge is -2.22. The minimum atomic E-state index is -0.832. The zero-order valence-corrected chi connectivity index (χ0v) is 10.3. The van der Waals surface area contributed by atoms with Crippen LogP contribution in [-0.2, 0) is 4.79 Å². The summed E-state index contributed by atoms with van der Waals surface area (Å²) in [6, 6.07) is 11.7. The van der Waals surface area contributed by atoms with E-state index in [9.17, 15) is 4.79 Å². The molecule has 0 aliphatic rings. The topological polar surface area (TPSA) is 40.5 Å². The van der Waals surface area contributed by atoms with Crippen LogP contribution in [0.1, 0.15) is 5.56 Å². The monoisotopic (exact) mass is 247 g/mol. The van der Waals surface area contributed by atoms with Crippen LogP contribution in [0.25, 0.3) is 0 Å². The van der Waals surface area contributed by atoms with Crippen LogP contribution in [0, 0.1) is 6.92 Å². The van der Waals surface area contributed by atoms with Crippen LogP contribution in [-0.4, -0.2) is 17.6 Å². The Kier molecular flexibility index (Phi) is 3.44. The summed E-state index contributed by atoms with van der Waals surface area (Å²) in [6.45, 7) is 1.96. The van der Waals surface area contributed by atoms with Crippen molar-refractivity contribution in [1.29, 1.82) is 0 Å². The van der Waals surface area contributed by atoms with Gasteiger partial charge < -0.3 is 10.0 Å². The number of anilines is 2. The number of hydrogen-bond donors (Lipinski definition) is 1. The Bertz CT molecular complexity index is 508. The Balaban J connectivity index is 2.41. The lowest BCUT2D eigenvalue weighted by molar-refractivity contribution is -0.135. The number of benzene rings is 1. The molecule has 1 aromatic heterocycles. The van der Waals surface area contributed by atoms with Gasteiger partial charge in [-0.3, -0.25) is 4.79 Å². The van der Waals surface area contributed by atoms with E-state index in [-0.39, 0.29) is 6.54 Å². The minimum Gasteiger partial charge on any atom is -0.480 e. The highest BCUT2D eigenvalue weighted by Crippen LogP contribution is 2.31. The van der Waals surface area contributed by atoms with E-state index in [1.807, 2.05) is 53.6 Å². The Hall–Kier alpha value is -1.81. The molecule has 0 aliphatic carbocycles. The van der Waals surface area contributed by atoms with E-state index in [2.05, 4.69) is 0 Å². The molecule has 88 valence electrons. The molecule has 2 aromatic rings. The van der Waals surface area contributed by atoms with Crippen molar-refractivity contribution in [3.8, 4) is 0 Å². The van der Waals surface area contributed by atoms with Gasteiger partial charge in [0.25, 0.3) is 0 Å². The Morgan fingerprint density at radius 2 is 2.06 bits per heavy atom. The van der Waals surface area contributed by atoms with Gasteiger partial charge in [-0.25, -0.2) is 0 Å². The van der Waals surface area contributed by atoms with Gasteiger partial charge >= 0.3 is 5.97 Å². The summed E-state index contributed by atoms with van der Waals surface area (Å²) >= 11 is 1.54. The van der Waals surface area contributed by atoms with E-state index >= 15 is 0 Å². The predicted molar refractivity (Wildman–Crippen MR) is 70.1 cm³/mol. The predicted octanol–water partition coefficient (Wildman–Crippen LogP) is 3.28. The number of aryl methyl sites for hydroxylation is 1. The SMILES string of the molecule is Cc1ccccc1N(CC(=O)O)c1cccs1. The number of rotatable bonds is 4. The molecule has 0 radical (unpaired) electrons. The summed E-state index contributed by atoms with van der Waals surface area (Å²) < 4.78 is 0. The maximum atomic E-state index is 11.0. The van der Waals surface area contributed by atoms with E-state index in [4.69, 9.17) is 5.11 Å². The van der Waals surface area contributed by atoms with Crippen LogP contribution in [0.3, 0.4) is 0 Å². The van der Waals surface area contributed by atoms with Crippen LogP contribution in [0.2, 0.25) is 0 Å². The number of aliphatic carboxylic acids is 1. The quantitative estimate of drug-likeness (QED) is 0.901. The van der Waals surface area contributed by atoms with E-state index in [0.717, 1.165) is 16.3 Å². The second kappa shape index (κ2) is 5.01. The van der Waals surface area contributed by atoms with Crippen molar-refractivity contribution in [2.75, 3.05) is 11.4 Å². The molecule has 0 saturated carbocycles. The van der Waals surface area contributed by atoms with Gasteiger partial charge in [0.15, 0.2) is 0 Å². The van der Waals surface area contributed by atoms with Crippen molar-refractivity contribution < 1.29 is 9.90 Å². The first-order valence-corrected chi connectivity index (χ1v) is 6.15. The van der Waals surface area contributed by atoms with E-state index in [1.165, 1.54) is 11.3 Å². The molecule has 2 rings (SSSR count). The van der Waals surface area contributed by atoms with Gasteiger partial charge in [0.2, 0.25) is 0 Å². The molecule has 0 spiro atoms. The second-order valence-corrected chi connectivity index (χ2v) is 4.64. The molecule has 4 heteroatoms. The molecule has 0 fully saturated rings. The summed E-state index contributed by atoms with van der Waals surface area (Å²) in [5.41, 5.74) is 2.01. The summed E-state index contributed by atoms with van der Waals surface area (Å²) in [7, 11) is 0. The van der Waals surface area contributed by atoms with Gasteiger partial charge in [0.1, 0.15) is 6.54 Å². The van der Waals surface area contributed by atoms with Crippen molar-refractivity contribution in [2.45, 2.75) is 6.92 Å². The zero-order chi connectivity index (χ0) is 12.3. The average molecular weight is 247 g/mol. The van der Waals surface area contributed by atoms with Gasteiger partial charge in [-0.15, -0.1) is 11.3 Å². The fourth-order valence-corrected chi connectivity index (χ4v) is 2.45. The van der Waals surface area contributed by atoms with Gasteiger partial charge in [0, 0.05) is 5.69 Å². The summed E-state index contributed by atoms with van der Waals surface area (Å²) in [4.78, 5) is 12.8. The van der Waals surface area contributed by atoms with Crippen molar-refractivity contribution in [3.63, 3.8) is 0 Å². The smallest absolute Gasteiger partial charge is 0.323 e. The summed E-state index contributed by atoms with van der Waals surface area (Å²) in [5.74, 6) is -0.832. The number of nitrogens with zero attached hydrogens (tertiary/aromatic N) is 1. The minimum absolute atomic E-state index is 0.0225. The molecule has 1 N–H and O–H groups in total. The average Bonchev–Trinajstić information content (AvgIpc) is 2.80. The van der Waals surface area contributed by atoms with Gasteiger partial charge in [-0.1, -0.05) is 18.2 Å². The largest absolute Gasteiger partial charge is 0.480 e. The molecule has 1 heterocycles. The molecule has 3 nitrogen and oxygen atoms in total. The highest BCUT2D eigenvalue weighted by Gasteiger charge is 2.15. The van der Waals surface area contributed by atoms with Gasteiger partial charge in [0.05, 0.1) is 5.00 Å². The van der Waals surface area contributed by atoms with Crippen molar-refractivity contribution >= 4 is 28.0 Å². The normalized spacial score (nSPS) is 10.2. The first-order chi connectivity index (χ1) is 8.18. The van der Waals surface area contributed by atoms with E-state index in [1.54, 1.807) is 0 Å². The third-order valence-corrected chi connectivity index (χ3v) is 3.36. The molecule has 17 heavy (non-hydrogen) atoms. The maximum absolute atomic E-state index is 11.0. The third-order valence-electron chi connectivity index (χ3n) is 2.47. The Morgan fingerprint density at radius 1 is 1.29 bits per heavy atom.